The second-order valence-corrected chi connectivity index (χ2v) is 5.47. The van der Waals surface area contributed by atoms with Crippen LogP contribution >= 0.6 is 0 Å². The second kappa shape index (κ2) is 7.29. The van der Waals surface area contributed by atoms with E-state index in [9.17, 15) is 4.79 Å². The van der Waals surface area contributed by atoms with Gasteiger partial charge in [-0.25, -0.2) is 0 Å². The molecule has 4 nitrogen and oxygen atoms in total. The molecule has 0 saturated carbocycles. The molecule has 0 aliphatic carbocycles. The first kappa shape index (κ1) is 14.9. The third-order valence-corrected chi connectivity index (χ3v) is 3.63. The van der Waals surface area contributed by atoms with Gasteiger partial charge in [0.05, 0.1) is 12.2 Å². The van der Waals surface area contributed by atoms with Crippen LogP contribution in [0.4, 0.5) is 0 Å². The monoisotopic (exact) mass is 276 g/mol. The minimum absolute atomic E-state index is 0.0359. The zero-order chi connectivity index (χ0) is 14.4. The largest absolute Gasteiger partial charge is 0.493 e. The molecule has 0 bridgehead atoms. The van der Waals surface area contributed by atoms with E-state index in [0.29, 0.717) is 23.8 Å². The Morgan fingerprint density at radius 3 is 2.95 bits per heavy atom. The summed E-state index contributed by atoms with van der Waals surface area (Å²) >= 11 is 0. The molecule has 1 N–H and O–H groups in total. The normalized spacial score (nSPS) is 19.0. The Hall–Kier alpha value is -1.55. The lowest BCUT2D eigenvalue weighted by Gasteiger charge is -2.14. The van der Waals surface area contributed by atoms with Crippen molar-refractivity contribution in [1.82, 2.24) is 10.2 Å². The number of nitrogens with zero attached hydrogens (tertiary/aromatic N) is 1. The van der Waals surface area contributed by atoms with Gasteiger partial charge in [0.1, 0.15) is 5.75 Å². The molecule has 1 aromatic carbocycles. The molecule has 1 aliphatic heterocycles. The molecule has 1 atom stereocenters. The van der Waals surface area contributed by atoms with Crippen LogP contribution in [0.1, 0.15) is 30.1 Å². The number of rotatable bonds is 6. The zero-order valence-electron chi connectivity index (χ0n) is 12.4. The lowest BCUT2D eigenvalue weighted by Crippen LogP contribution is -2.30. The first-order valence-electron chi connectivity index (χ1n) is 7.39. The Morgan fingerprint density at radius 2 is 2.25 bits per heavy atom. The van der Waals surface area contributed by atoms with Gasteiger partial charge in [-0.3, -0.25) is 4.79 Å². The zero-order valence-corrected chi connectivity index (χ0v) is 12.4. The molecular weight excluding hydrogens is 252 g/mol. The average molecular weight is 276 g/mol. The number of carbonyl (C=O) groups is 1. The van der Waals surface area contributed by atoms with E-state index in [1.54, 1.807) is 0 Å². The van der Waals surface area contributed by atoms with Crippen molar-refractivity contribution in [3.63, 3.8) is 0 Å². The van der Waals surface area contributed by atoms with Gasteiger partial charge in [-0.2, -0.15) is 0 Å². The van der Waals surface area contributed by atoms with E-state index in [1.807, 2.05) is 24.3 Å². The molecule has 4 heteroatoms. The fraction of sp³-hybridized carbons (Fsp3) is 0.562. The van der Waals surface area contributed by atoms with Crippen molar-refractivity contribution in [3.8, 4) is 5.75 Å². The minimum atomic E-state index is -0.0359. The molecule has 1 aliphatic rings. The molecule has 1 aromatic rings. The first-order chi connectivity index (χ1) is 9.70. The number of carbonyl (C=O) groups excluding carboxylic acids is 1. The highest BCUT2D eigenvalue weighted by Gasteiger charge is 2.20. The Morgan fingerprint density at radius 1 is 1.45 bits per heavy atom. The van der Waals surface area contributed by atoms with E-state index in [-0.39, 0.29) is 5.91 Å². The average Bonchev–Trinajstić information content (AvgIpc) is 2.88. The summed E-state index contributed by atoms with van der Waals surface area (Å²) < 4.78 is 5.63. The van der Waals surface area contributed by atoms with Crippen LogP contribution < -0.4 is 10.1 Å². The minimum Gasteiger partial charge on any atom is -0.493 e. The van der Waals surface area contributed by atoms with Gasteiger partial charge in [0.2, 0.25) is 0 Å². The molecule has 0 unspecified atom stereocenters. The summed E-state index contributed by atoms with van der Waals surface area (Å²) in [5.74, 6) is 1.20. The maximum Gasteiger partial charge on any atom is 0.255 e. The van der Waals surface area contributed by atoms with E-state index < -0.39 is 0 Å². The fourth-order valence-electron chi connectivity index (χ4n) is 2.52. The summed E-state index contributed by atoms with van der Waals surface area (Å²) in [6.45, 7) is 5.62. The standard InChI is InChI=1S/C16H24N2O2/c1-3-10-20-15-7-5-4-6-14(15)16(19)17-11-13-8-9-18(2)12-13/h4-7,13H,3,8-12H2,1-2H3,(H,17,19)/t13-/m1/s1. The summed E-state index contributed by atoms with van der Waals surface area (Å²) in [5.41, 5.74) is 0.632. The van der Waals surface area contributed by atoms with Gasteiger partial charge in [-0.15, -0.1) is 0 Å². The Labute approximate surface area is 121 Å². The molecule has 0 aromatic heterocycles. The van der Waals surface area contributed by atoms with Gasteiger partial charge in [0.15, 0.2) is 0 Å². The molecule has 1 amide bonds. The van der Waals surface area contributed by atoms with E-state index >= 15 is 0 Å². The third kappa shape index (κ3) is 3.97. The maximum atomic E-state index is 12.3. The van der Waals surface area contributed by atoms with Crippen molar-refractivity contribution in [3.05, 3.63) is 29.8 Å². The summed E-state index contributed by atoms with van der Waals surface area (Å²) in [6, 6.07) is 7.44. The van der Waals surface area contributed by atoms with E-state index in [0.717, 1.165) is 32.5 Å². The maximum absolute atomic E-state index is 12.3. The summed E-state index contributed by atoms with van der Waals surface area (Å²) in [5, 5.41) is 3.03. The number of benzene rings is 1. The molecule has 20 heavy (non-hydrogen) atoms. The highest BCUT2D eigenvalue weighted by molar-refractivity contribution is 5.96. The van der Waals surface area contributed by atoms with Crippen molar-refractivity contribution in [2.75, 3.05) is 33.3 Å². The number of hydrogen-bond donors (Lipinski definition) is 1. The lowest BCUT2D eigenvalue weighted by molar-refractivity contribution is 0.0943. The molecule has 2 rings (SSSR count). The predicted molar refractivity (Wildman–Crippen MR) is 80.2 cm³/mol. The SMILES string of the molecule is CCCOc1ccccc1C(=O)NC[C@H]1CCN(C)C1. The smallest absolute Gasteiger partial charge is 0.255 e. The van der Waals surface area contributed by atoms with Crippen LogP contribution in [0, 0.1) is 5.92 Å². The van der Waals surface area contributed by atoms with Gasteiger partial charge in [0, 0.05) is 13.1 Å². The van der Waals surface area contributed by atoms with Crippen LogP contribution in [0.3, 0.4) is 0 Å². The van der Waals surface area contributed by atoms with Crippen molar-refractivity contribution < 1.29 is 9.53 Å². The predicted octanol–water partition coefficient (Wildman–Crippen LogP) is 2.16. The Balaban J connectivity index is 1.91. The number of amides is 1. The second-order valence-electron chi connectivity index (χ2n) is 5.47. The van der Waals surface area contributed by atoms with Crippen LogP contribution in [0.15, 0.2) is 24.3 Å². The Kier molecular flexibility index (Phi) is 5.41. The van der Waals surface area contributed by atoms with Crippen molar-refractivity contribution >= 4 is 5.91 Å². The van der Waals surface area contributed by atoms with Crippen LogP contribution in [0.25, 0.3) is 0 Å². The topological polar surface area (TPSA) is 41.6 Å². The van der Waals surface area contributed by atoms with Crippen molar-refractivity contribution in [2.24, 2.45) is 5.92 Å². The Bertz CT molecular complexity index is 448. The van der Waals surface area contributed by atoms with Gasteiger partial charge in [0.25, 0.3) is 5.91 Å². The van der Waals surface area contributed by atoms with E-state index in [1.165, 1.54) is 0 Å². The number of ether oxygens (including phenoxy) is 1. The van der Waals surface area contributed by atoms with E-state index in [4.69, 9.17) is 4.74 Å². The first-order valence-corrected chi connectivity index (χ1v) is 7.39. The summed E-state index contributed by atoms with van der Waals surface area (Å²) in [4.78, 5) is 14.6. The van der Waals surface area contributed by atoms with Crippen LogP contribution in [0.5, 0.6) is 5.75 Å². The number of hydrogen-bond acceptors (Lipinski definition) is 3. The van der Waals surface area contributed by atoms with Crippen LogP contribution in [0.2, 0.25) is 0 Å². The fourth-order valence-corrected chi connectivity index (χ4v) is 2.52. The van der Waals surface area contributed by atoms with Crippen molar-refractivity contribution in [1.29, 1.82) is 0 Å². The molecular formula is C16H24N2O2. The quantitative estimate of drug-likeness (QED) is 0.865. The molecule has 1 heterocycles. The molecule has 1 fully saturated rings. The van der Waals surface area contributed by atoms with E-state index in [2.05, 4.69) is 24.2 Å². The molecule has 1 saturated heterocycles. The van der Waals surface area contributed by atoms with Gasteiger partial charge >= 0.3 is 0 Å². The van der Waals surface area contributed by atoms with Gasteiger partial charge < -0.3 is 15.0 Å². The van der Waals surface area contributed by atoms with Crippen molar-refractivity contribution in [2.45, 2.75) is 19.8 Å². The van der Waals surface area contributed by atoms with Crippen LogP contribution in [-0.4, -0.2) is 44.1 Å². The third-order valence-electron chi connectivity index (χ3n) is 3.63. The number of likely N-dealkylation sites (tertiary alicyclic amines) is 1. The number of para-hydroxylation sites is 1. The molecule has 0 spiro atoms. The highest BCUT2D eigenvalue weighted by Crippen LogP contribution is 2.19. The lowest BCUT2D eigenvalue weighted by atomic mass is 10.1. The number of nitrogens with one attached hydrogen (secondary N) is 1. The van der Waals surface area contributed by atoms with Gasteiger partial charge in [-0.05, 0) is 44.5 Å². The van der Waals surface area contributed by atoms with Gasteiger partial charge in [-0.1, -0.05) is 19.1 Å². The molecule has 110 valence electrons. The highest BCUT2D eigenvalue weighted by atomic mass is 16.5. The summed E-state index contributed by atoms with van der Waals surface area (Å²) in [7, 11) is 2.12. The molecule has 0 radical (unpaired) electrons. The van der Waals surface area contributed by atoms with Crippen LogP contribution in [-0.2, 0) is 0 Å². The summed E-state index contributed by atoms with van der Waals surface area (Å²) in [6.07, 6.45) is 2.09.